The molecule has 0 aliphatic heterocycles. The minimum atomic E-state index is -0.366. The molecule has 1 unspecified atom stereocenters. The summed E-state index contributed by atoms with van der Waals surface area (Å²) in [5.41, 5.74) is 10.5. The second kappa shape index (κ2) is 4.68. The van der Waals surface area contributed by atoms with Gasteiger partial charge in [0.1, 0.15) is 0 Å². The van der Waals surface area contributed by atoms with Gasteiger partial charge in [0.2, 0.25) is 0 Å². The van der Waals surface area contributed by atoms with Crippen molar-refractivity contribution in [1.29, 1.82) is 0 Å². The molecule has 0 aromatic rings. The van der Waals surface area contributed by atoms with Crippen molar-refractivity contribution in [2.45, 2.75) is 77.0 Å². The maximum Gasteiger partial charge on any atom is 0.0793 e. The van der Waals surface area contributed by atoms with Gasteiger partial charge in [-0.15, -0.1) is 0 Å². The van der Waals surface area contributed by atoms with E-state index in [2.05, 4.69) is 19.9 Å². The fraction of sp³-hybridized carbons (Fsp3) is 0.789. The fourth-order valence-electron chi connectivity index (χ4n) is 6.04. The molecule has 4 rings (SSSR count). The van der Waals surface area contributed by atoms with Gasteiger partial charge in [-0.3, -0.25) is 0 Å². The van der Waals surface area contributed by atoms with E-state index in [9.17, 15) is 10.2 Å². The highest BCUT2D eigenvalue weighted by atomic mass is 16.3. The minimum absolute atomic E-state index is 0.00862. The topological polar surface area (TPSA) is 66.5 Å². The monoisotopic (exact) mass is 303 g/mol. The second-order valence-corrected chi connectivity index (χ2v) is 8.41. The van der Waals surface area contributed by atoms with Crippen molar-refractivity contribution >= 4 is 0 Å². The Kier molecular flexibility index (Phi) is 3.18. The Hall–Kier alpha value is -0.640. The Balaban J connectivity index is 1.87. The highest BCUT2D eigenvalue weighted by Gasteiger charge is 2.56. The van der Waals surface area contributed by atoms with Crippen LogP contribution >= 0.6 is 0 Å². The van der Waals surface area contributed by atoms with E-state index in [0.29, 0.717) is 5.92 Å². The SMILES string of the molecule is C[C@]12CC[C@H]3C(=C1CC[C@@H]2O)[C@@H](O)CC1=CCCC(N)[C@@]13C. The molecular formula is C19H29NO2. The molecule has 0 aromatic carbocycles. The number of fused-ring (bicyclic) bond motifs is 4. The first kappa shape index (κ1) is 14.9. The molecule has 0 heterocycles. The van der Waals surface area contributed by atoms with Crippen molar-refractivity contribution in [3.05, 3.63) is 22.8 Å². The van der Waals surface area contributed by atoms with Gasteiger partial charge in [0.15, 0.2) is 0 Å². The van der Waals surface area contributed by atoms with Gasteiger partial charge >= 0.3 is 0 Å². The Morgan fingerprint density at radius 1 is 1.18 bits per heavy atom. The molecule has 4 aliphatic rings. The third-order valence-electron chi connectivity index (χ3n) is 7.60. The van der Waals surface area contributed by atoms with Crippen molar-refractivity contribution in [2.75, 3.05) is 0 Å². The zero-order valence-corrected chi connectivity index (χ0v) is 13.8. The normalized spacial score (nSPS) is 51.0. The van der Waals surface area contributed by atoms with E-state index in [1.165, 1.54) is 16.7 Å². The zero-order chi connectivity index (χ0) is 15.7. The zero-order valence-electron chi connectivity index (χ0n) is 13.8. The van der Waals surface area contributed by atoms with Gasteiger partial charge in [-0.2, -0.15) is 0 Å². The van der Waals surface area contributed by atoms with Crippen molar-refractivity contribution < 1.29 is 10.2 Å². The molecule has 0 bridgehead atoms. The largest absolute Gasteiger partial charge is 0.392 e. The minimum Gasteiger partial charge on any atom is -0.392 e. The molecule has 2 saturated carbocycles. The average molecular weight is 303 g/mol. The average Bonchev–Trinajstić information content (AvgIpc) is 2.78. The van der Waals surface area contributed by atoms with Crippen molar-refractivity contribution in [2.24, 2.45) is 22.5 Å². The Morgan fingerprint density at radius 2 is 1.95 bits per heavy atom. The van der Waals surface area contributed by atoms with Gasteiger partial charge in [0, 0.05) is 16.9 Å². The molecular weight excluding hydrogens is 274 g/mol. The molecule has 0 saturated heterocycles. The molecule has 4 N–H and O–H groups in total. The lowest BCUT2D eigenvalue weighted by Crippen LogP contribution is -2.55. The number of aliphatic hydroxyl groups is 2. The number of rotatable bonds is 0. The van der Waals surface area contributed by atoms with E-state index in [1.54, 1.807) is 0 Å². The van der Waals surface area contributed by atoms with Gasteiger partial charge in [-0.05, 0) is 56.4 Å². The van der Waals surface area contributed by atoms with Crippen molar-refractivity contribution in [3.8, 4) is 0 Å². The van der Waals surface area contributed by atoms with Crippen LogP contribution in [-0.4, -0.2) is 28.5 Å². The summed E-state index contributed by atoms with van der Waals surface area (Å²) in [4.78, 5) is 0. The van der Waals surface area contributed by atoms with Crippen LogP contribution in [-0.2, 0) is 0 Å². The number of nitrogens with two attached hydrogens (primary N) is 1. The van der Waals surface area contributed by atoms with E-state index in [4.69, 9.17) is 5.73 Å². The van der Waals surface area contributed by atoms with E-state index in [-0.39, 0.29) is 29.1 Å². The predicted molar refractivity (Wildman–Crippen MR) is 87.1 cm³/mol. The first-order valence-electron chi connectivity index (χ1n) is 8.93. The molecule has 22 heavy (non-hydrogen) atoms. The van der Waals surface area contributed by atoms with E-state index in [1.807, 2.05) is 0 Å². The first-order chi connectivity index (χ1) is 10.4. The third-order valence-corrected chi connectivity index (χ3v) is 7.60. The third kappa shape index (κ3) is 1.68. The maximum atomic E-state index is 10.9. The Bertz CT molecular complexity index is 566. The standard InChI is InChI=1S/C19H29NO2/c1-18-9-8-13-17(12(18)6-7-16(18)22)14(21)10-11-4-3-5-15(20)19(11,13)2/h4,13-16,21-22H,3,5-10,20H2,1-2H3/t13-,14-,15?,16-,18-,19-/m0/s1. The van der Waals surface area contributed by atoms with Crippen LogP contribution in [0.3, 0.4) is 0 Å². The molecule has 3 nitrogen and oxygen atoms in total. The summed E-state index contributed by atoms with van der Waals surface area (Å²) in [7, 11) is 0. The smallest absolute Gasteiger partial charge is 0.0793 e. The lowest BCUT2D eigenvalue weighted by molar-refractivity contribution is 0.0348. The highest BCUT2D eigenvalue weighted by molar-refractivity contribution is 5.42. The molecule has 0 amide bonds. The molecule has 2 fully saturated rings. The highest BCUT2D eigenvalue weighted by Crippen LogP contribution is 2.62. The molecule has 0 radical (unpaired) electrons. The molecule has 4 aliphatic carbocycles. The van der Waals surface area contributed by atoms with Crippen LogP contribution in [0, 0.1) is 16.7 Å². The molecule has 3 heteroatoms. The first-order valence-corrected chi connectivity index (χ1v) is 8.93. The van der Waals surface area contributed by atoms with Crippen LogP contribution in [0.1, 0.15) is 58.8 Å². The molecule has 6 atom stereocenters. The van der Waals surface area contributed by atoms with Gasteiger partial charge in [0.05, 0.1) is 12.2 Å². The van der Waals surface area contributed by atoms with Gasteiger partial charge in [-0.25, -0.2) is 0 Å². The summed E-state index contributed by atoms with van der Waals surface area (Å²) in [6.45, 7) is 4.53. The number of hydrogen-bond donors (Lipinski definition) is 3. The van der Waals surface area contributed by atoms with Crippen LogP contribution in [0.15, 0.2) is 22.8 Å². The van der Waals surface area contributed by atoms with Crippen LogP contribution in [0.25, 0.3) is 0 Å². The fourth-order valence-corrected chi connectivity index (χ4v) is 6.04. The maximum absolute atomic E-state index is 10.9. The Morgan fingerprint density at radius 3 is 2.73 bits per heavy atom. The summed E-state index contributed by atoms with van der Waals surface area (Å²) in [5, 5.41) is 21.3. The van der Waals surface area contributed by atoms with Crippen molar-refractivity contribution in [3.63, 3.8) is 0 Å². The van der Waals surface area contributed by atoms with Gasteiger partial charge < -0.3 is 15.9 Å². The quantitative estimate of drug-likeness (QED) is 0.603. The predicted octanol–water partition coefficient (Wildman–Crippen LogP) is 2.67. The summed E-state index contributed by atoms with van der Waals surface area (Å²) in [5.74, 6) is 0.367. The van der Waals surface area contributed by atoms with Crippen molar-refractivity contribution in [1.82, 2.24) is 0 Å². The number of aliphatic hydroxyl groups excluding tert-OH is 2. The van der Waals surface area contributed by atoms with Crippen LogP contribution < -0.4 is 5.73 Å². The summed E-state index contributed by atoms with van der Waals surface area (Å²) in [6, 6.07) is 0.191. The van der Waals surface area contributed by atoms with Crippen LogP contribution in [0.5, 0.6) is 0 Å². The number of hydrogen-bond acceptors (Lipinski definition) is 3. The molecule has 0 aromatic heterocycles. The lowest BCUT2D eigenvalue weighted by atomic mass is 9.50. The van der Waals surface area contributed by atoms with Crippen LogP contribution in [0.2, 0.25) is 0 Å². The summed E-state index contributed by atoms with van der Waals surface area (Å²) in [6.07, 6.45) is 8.44. The van der Waals surface area contributed by atoms with E-state index >= 15 is 0 Å². The van der Waals surface area contributed by atoms with Crippen LogP contribution in [0.4, 0.5) is 0 Å². The van der Waals surface area contributed by atoms with E-state index < -0.39 is 0 Å². The molecule has 122 valence electrons. The summed E-state index contributed by atoms with van der Waals surface area (Å²) >= 11 is 0. The second-order valence-electron chi connectivity index (χ2n) is 8.41. The lowest BCUT2D eigenvalue weighted by Gasteiger charge is -2.56. The molecule has 0 spiro atoms. The number of allylic oxidation sites excluding steroid dienone is 1. The summed E-state index contributed by atoms with van der Waals surface area (Å²) < 4.78 is 0. The Labute approximate surface area is 133 Å². The van der Waals surface area contributed by atoms with Gasteiger partial charge in [0.25, 0.3) is 0 Å². The van der Waals surface area contributed by atoms with E-state index in [0.717, 1.165) is 44.9 Å². The van der Waals surface area contributed by atoms with Gasteiger partial charge in [-0.1, -0.05) is 31.1 Å².